The third-order valence-corrected chi connectivity index (χ3v) is 5.33. The molecule has 0 saturated carbocycles. The molecule has 3 heterocycles. The third kappa shape index (κ3) is 5.01. The number of aromatic nitrogens is 4. The van der Waals surface area contributed by atoms with Gasteiger partial charge in [-0.15, -0.1) is 0 Å². The number of rotatable bonds is 5. The van der Waals surface area contributed by atoms with Crippen molar-refractivity contribution in [1.82, 2.24) is 19.6 Å². The van der Waals surface area contributed by atoms with Crippen LogP contribution in [-0.2, 0) is 6.18 Å². The van der Waals surface area contributed by atoms with Crippen molar-refractivity contribution in [2.45, 2.75) is 6.18 Å². The van der Waals surface area contributed by atoms with Crippen LogP contribution in [0.5, 0.6) is 5.75 Å². The largest absolute Gasteiger partial charge is 0.421 e. The van der Waals surface area contributed by atoms with Gasteiger partial charge in [-0.3, -0.25) is 9.78 Å². The van der Waals surface area contributed by atoms with Crippen LogP contribution in [0.2, 0.25) is 0 Å². The number of alkyl halides is 3. The molecular weight excluding hydrogens is 487 g/mol. The van der Waals surface area contributed by atoms with Crippen LogP contribution in [0.3, 0.4) is 0 Å². The average molecular weight is 503 g/mol. The van der Waals surface area contributed by atoms with Gasteiger partial charge in [0.1, 0.15) is 11.3 Å². The Morgan fingerprint density at radius 1 is 0.919 bits per heavy atom. The molecule has 3 aromatic heterocycles. The molecule has 0 spiro atoms. The van der Waals surface area contributed by atoms with Crippen LogP contribution in [0.1, 0.15) is 26.3 Å². The molecule has 0 aliphatic rings. The number of amides is 1. The van der Waals surface area contributed by atoms with E-state index in [9.17, 15) is 22.8 Å². The van der Waals surface area contributed by atoms with Crippen molar-refractivity contribution in [2.24, 2.45) is 0 Å². The molecule has 0 bridgehead atoms. The molecule has 37 heavy (non-hydrogen) atoms. The molecule has 5 rings (SSSR count). The highest BCUT2D eigenvalue weighted by Gasteiger charge is 2.31. The fourth-order valence-electron chi connectivity index (χ4n) is 3.62. The van der Waals surface area contributed by atoms with E-state index in [0.717, 1.165) is 12.1 Å². The van der Waals surface area contributed by atoms with E-state index in [-0.39, 0.29) is 22.5 Å². The summed E-state index contributed by atoms with van der Waals surface area (Å²) in [6, 6.07) is 15.7. The van der Waals surface area contributed by atoms with Gasteiger partial charge in [0.15, 0.2) is 5.65 Å². The number of hydrogen-bond acceptors (Lipinski definition) is 6. The van der Waals surface area contributed by atoms with Crippen molar-refractivity contribution in [3.8, 4) is 17.0 Å². The monoisotopic (exact) mass is 503 g/mol. The Labute approximate surface area is 207 Å². The topological polar surface area (TPSA) is 98.5 Å². The second-order valence-electron chi connectivity index (χ2n) is 7.82. The lowest BCUT2D eigenvalue weighted by atomic mass is 10.1. The maximum absolute atomic E-state index is 13.0. The van der Waals surface area contributed by atoms with Gasteiger partial charge in [-0.2, -0.15) is 18.3 Å². The van der Waals surface area contributed by atoms with Crippen LogP contribution in [0.4, 0.5) is 18.9 Å². The van der Waals surface area contributed by atoms with Gasteiger partial charge in [-0.05, 0) is 48.5 Å². The zero-order valence-electron chi connectivity index (χ0n) is 18.8. The summed E-state index contributed by atoms with van der Waals surface area (Å²) >= 11 is 0. The lowest BCUT2D eigenvalue weighted by molar-refractivity contribution is -0.137. The Balaban J connectivity index is 1.41. The molecule has 0 aliphatic carbocycles. The normalized spacial score (nSPS) is 11.3. The number of pyridine rings is 1. The number of nitrogens with one attached hydrogen (secondary N) is 1. The van der Waals surface area contributed by atoms with E-state index in [1.165, 1.54) is 35.2 Å². The number of nitrogens with zero attached hydrogens (tertiary/aromatic N) is 4. The summed E-state index contributed by atoms with van der Waals surface area (Å²) in [5, 5.41) is 6.89. The van der Waals surface area contributed by atoms with Crippen LogP contribution in [0, 0.1) is 0 Å². The van der Waals surface area contributed by atoms with Gasteiger partial charge >= 0.3 is 12.1 Å². The number of esters is 1. The van der Waals surface area contributed by atoms with Crippen LogP contribution >= 0.6 is 0 Å². The van der Waals surface area contributed by atoms with E-state index < -0.39 is 23.6 Å². The first-order valence-corrected chi connectivity index (χ1v) is 10.8. The molecule has 0 atom stereocenters. The summed E-state index contributed by atoms with van der Waals surface area (Å²) in [5.74, 6) is -1.08. The minimum atomic E-state index is -4.56. The smallest absolute Gasteiger partial charge is 0.416 e. The zero-order valence-corrected chi connectivity index (χ0v) is 18.8. The fourth-order valence-corrected chi connectivity index (χ4v) is 3.62. The number of fused-ring (bicyclic) bond motifs is 1. The predicted molar refractivity (Wildman–Crippen MR) is 127 cm³/mol. The number of ether oxygens (including phenoxy) is 1. The molecule has 184 valence electrons. The molecule has 5 aromatic rings. The lowest BCUT2D eigenvalue weighted by Crippen LogP contribution is -2.14. The Morgan fingerprint density at radius 2 is 1.76 bits per heavy atom. The van der Waals surface area contributed by atoms with E-state index in [2.05, 4.69) is 20.4 Å². The Bertz CT molecular complexity index is 1620. The molecule has 0 aliphatic heterocycles. The van der Waals surface area contributed by atoms with E-state index in [4.69, 9.17) is 4.74 Å². The van der Waals surface area contributed by atoms with E-state index in [1.54, 1.807) is 48.7 Å². The van der Waals surface area contributed by atoms with Crippen molar-refractivity contribution in [1.29, 1.82) is 0 Å². The first kappa shape index (κ1) is 23.7. The molecule has 1 N–H and O–H groups in total. The molecule has 0 unspecified atom stereocenters. The van der Waals surface area contributed by atoms with Crippen LogP contribution in [-0.4, -0.2) is 31.5 Å². The van der Waals surface area contributed by atoms with Gasteiger partial charge in [0.25, 0.3) is 5.91 Å². The van der Waals surface area contributed by atoms with Crippen LogP contribution < -0.4 is 10.1 Å². The van der Waals surface area contributed by atoms with Crippen molar-refractivity contribution in [2.75, 3.05) is 5.32 Å². The average Bonchev–Trinajstić information content (AvgIpc) is 3.34. The van der Waals surface area contributed by atoms with Crippen LogP contribution in [0.15, 0.2) is 91.5 Å². The van der Waals surface area contributed by atoms with Crippen molar-refractivity contribution < 1.29 is 27.5 Å². The van der Waals surface area contributed by atoms with Gasteiger partial charge in [-0.25, -0.2) is 14.3 Å². The minimum Gasteiger partial charge on any atom is -0.421 e. The van der Waals surface area contributed by atoms with Crippen molar-refractivity contribution >= 4 is 23.2 Å². The summed E-state index contributed by atoms with van der Waals surface area (Å²) in [4.78, 5) is 33.4. The maximum atomic E-state index is 13.0. The summed E-state index contributed by atoms with van der Waals surface area (Å²) in [7, 11) is 0. The first-order valence-electron chi connectivity index (χ1n) is 10.8. The summed E-state index contributed by atoms with van der Waals surface area (Å²) < 4.78 is 45.8. The molecule has 0 saturated heterocycles. The van der Waals surface area contributed by atoms with Crippen LogP contribution in [0.25, 0.3) is 16.9 Å². The van der Waals surface area contributed by atoms with E-state index in [0.29, 0.717) is 16.9 Å². The third-order valence-electron chi connectivity index (χ3n) is 5.33. The Morgan fingerprint density at radius 3 is 2.54 bits per heavy atom. The standard InChI is InChI=1S/C26H16F3N5O3/c27-26(28,29)18-6-1-5-17(12-18)24(35)33-19-7-2-4-16(13-19)22-9-11-31-23-21(15-32-34(22)23)25(36)37-20-8-3-10-30-14-20/h1-15H,(H,33,35). The molecule has 8 nitrogen and oxygen atoms in total. The Kier molecular flexibility index (Phi) is 6.10. The van der Waals surface area contributed by atoms with Gasteiger partial charge in [0.2, 0.25) is 0 Å². The summed E-state index contributed by atoms with van der Waals surface area (Å²) in [6.07, 6.45) is 1.24. The number of anilines is 1. The number of halogens is 3. The molecule has 0 radical (unpaired) electrons. The van der Waals surface area contributed by atoms with Gasteiger partial charge in [0, 0.05) is 29.2 Å². The van der Waals surface area contributed by atoms with Crippen molar-refractivity contribution in [3.05, 3.63) is 108 Å². The lowest BCUT2D eigenvalue weighted by Gasteiger charge is -2.11. The second kappa shape index (κ2) is 9.53. The van der Waals surface area contributed by atoms with Gasteiger partial charge in [0.05, 0.1) is 23.7 Å². The van der Waals surface area contributed by atoms with Gasteiger partial charge in [-0.1, -0.05) is 18.2 Å². The highest BCUT2D eigenvalue weighted by molar-refractivity contribution is 6.04. The zero-order chi connectivity index (χ0) is 26.0. The number of hydrogen-bond donors (Lipinski definition) is 1. The number of carbonyl (C=O) groups is 2. The van der Waals surface area contributed by atoms with Crippen molar-refractivity contribution in [3.63, 3.8) is 0 Å². The molecule has 1 amide bonds. The molecule has 0 fully saturated rings. The summed E-state index contributed by atoms with van der Waals surface area (Å²) in [6.45, 7) is 0. The minimum absolute atomic E-state index is 0.129. The number of carbonyl (C=O) groups excluding carboxylic acids is 2. The van der Waals surface area contributed by atoms with E-state index in [1.807, 2.05) is 0 Å². The molecule has 2 aromatic carbocycles. The summed E-state index contributed by atoms with van der Waals surface area (Å²) in [5.41, 5.74) is 0.878. The predicted octanol–water partition coefficient (Wildman–Crippen LogP) is 5.28. The highest BCUT2D eigenvalue weighted by Crippen LogP contribution is 2.30. The Hall–Kier alpha value is -5.06. The SMILES string of the molecule is O=C(Nc1cccc(-c2ccnc3c(C(=O)Oc4cccnc4)cnn23)c1)c1cccc(C(F)(F)F)c1. The second-order valence-corrected chi connectivity index (χ2v) is 7.82. The quantitative estimate of drug-likeness (QED) is 0.328. The number of benzene rings is 2. The fraction of sp³-hybridized carbons (Fsp3) is 0.0385. The molecule has 11 heteroatoms. The van der Waals surface area contributed by atoms with E-state index >= 15 is 0 Å². The van der Waals surface area contributed by atoms with Gasteiger partial charge < -0.3 is 10.1 Å². The molecular formula is C26H16F3N5O3. The maximum Gasteiger partial charge on any atom is 0.416 e. The highest BCUT2D eigenvalue weighted by atomic mass is 19.4. The first-order chi connectivity index (χ1) is 17.8.